The van der Waals surface area contributed by atoms with E-state index in [1.807, 2.05) is 18.2 Å². The van der Waals surface area contributed by atoms with Crippen molar-refractivity contribution in [1.29, 1.82) is 0 Å². The fraction of sp³-hybridized carbons (Fsp3) is 0.381. The minimum Gasteiger partial charge on any atom is -0.493 e. The molecule has 1 unspecified atom stereocenters. The van der Waals surface area contributed by atoms with Gasteiger partial charge in [-0.1, -0.05) is 34.1 Å². The number of guanidine groups is 1. The van der Waals surface area contributed by atoms with Gasteiger partial charge in [-0.25, -0.2) is 0 Å². The lowest BCUT2D eigenvalue weighted by Crippen LogP contribution is -2.44. The molecule has 1 aliphatic heterocycles. The van der Waals surface area contributed by atoms with Crippen molar-refractivity contribution in [2.24, 2.45) is 4.99 Å². The molecule has 2 aromatic carbocycles. The minimum atomic E-state index is 0. The van der Waals surface area contributed by atoms with Crippen LogP contribution in [-0.4, -0.2) is 46.4 Å². The molecule has 0 spiro atoms. The van der Waals surface area contributed by atoms with Crippen LogP contribution in [0.15, 0.2) is 51.9 Å². The van der Waals surface area contributed by atoms with Crippen LogP contribution in [0.3, 0.4) is 0 Å². The minimum absolute atomic E-state index is 0. The fourth-order valence-electron chi connectivity index (χ4n) is 3.35. The van der Waals surface area contributed by atoms with E-state index >= 15 is 0 Å². The molecule has 0 amide bonds. The normalized spacial score (nSPS) is 16.2. The smallest absolute Gasteiger partial charge is 0.191 e. The number of hydrogen-bond donors (Lipinski definition) is 2. The molecule has 1 saturated heterocycles. The van der Waals surface area contributed by atoms with Gasteiger partial charge >= 0.3 is 0 Å². The van der Waals surface area contributed by atoms with Gasteiger partial charge in [-0.15, -0.1) is 24.0 Å². The van der Waals surface area contributed by atoms with Crippen LogP contribution >= 0.6 is 39.9 Å². The van der Waals surface area contributed by atoms with Crippen molar-refractivity contribution in [3.05, 3.63) is 52.5 Å². The lowest BCUT2D eigenvalue weighted by molar-refractivity contribution is 0.354. The Morgan fingerprint density at radius 2 is 1.86 bits per heavy atom. The highest BCUT2D eigenvalue weighted by atomic mass is 127. The van der Waals surface area contributed by atoms with E-state index in [2.05, 4.69) is 60.7 Å². The first-order valence-electron chi connectivity index (χ1n) is 9.32. The summed E-state index contributed by atoms with van der Waals surface area (Å²) in [6, 6.07) is 14.8. The zero-order valence-electron chi connectivity index (χ0n) is 16.9. The number of halogens is 2. The highest BCUT2D eigenvalue weighted by Crippen LogP contribution is 2.33. The van der Waals surface area contributed by atoms with E-state index in [0.717, 1.165) is 35.5 Å². The molecular formula is C21H28BrIN4O2. The van der Waals surface area contributed by atoms with Crippen molar-refractivity contribution >= 4 is 51.6 Å². The molecule has 0 aliphatic carbocycles. The monoisotopic (exact) mass is 574 g/mol. The number of anilines is 1. The number of para-hydroxylation sites is 1. The largest absolute Gasteiger partial charge is 0.493 e. The Labute approximate surface area is 198 Å². The van der Waals surface area contributed by atoms with Gasteiger partial charge in [0, 0.05) is 42.9 Å². The molecule has 29 heavy (non-hydrogen) atoms. The Morgan fingerprint density at radius 3 is 2.52 bits per heavy atom. The van der Waals surface area contributed by atoms with Crippen molar-refractivity contribution < 1.29 is 9.47 Å². The lowest BCUT2D eigenvalue weighted by atomic mass is 10.2. The maximum atomic E-state index is 5.40. The average Bonchev–Trinajstić information content (AvgIpc) is 3.20. The van der Waals surface area contributed by atoms with Crippen LogP contribution in [0.25, 0.3) is 0 Å². The third-order valence-electron chi connectivity index (χ3n) is 4.87. The summed E-state index contributed by atoms with van der Waals surface area (Å²) in [4.78, 5) is 6.77. The van der Waals surface area contributed by atoms with Gasteiger partial charge in [-0.2, -0.15) is 0 Å². The van der Waals surface area contributed by atoms with Gasteiger partial charge in [-0.05, 0) is 36.2 Å². The first-order valence-corrected chi connectivity index (χ1v) is 10.1. The number of nitrogens with one attached hydrogen (secondary N) is 2. The molecular weight excluding hydrogens is 547 g/mol. The highest BCUT2D eigenvalue weighted by Gasteiger charge is 2.23. The molecule has 1 heterocycles. The van der Waals surface area contributed by atoms with E-state index in [0.29, 0.717) is 24.1 Å². The van der Waals surface area contributed by atoms with Gasteiger partial charge in [0.1, 0.15) is 0 Å². The Balaban J connectivity index is 0.00000300. The zero-order chi connectivity index (χ0) is 19.9. The molecule has 3 rings (SSSR count). The van der Waals surface area contributed by atoms with Gasteiger partial charge < -0.3 is 25.0 Å². The Morgan fingerprint density at radius 1 is 1.17 bits per heavy atom. The third-order valence-corrected chi connectivity index (χ3v) is 5.61. The molecule has 0 aromatic heterocycles. The van der Waals surface area contributed by atoms with Gasteiger partial charge in [0.25, 0.3) is 0 Å². The van der Waals surface area contributed by atoms with Crippen molar-refractivity contribution in [3.63, 3.8) is 0 Å². The fourth-order valence-corrected chi connectivity index (χ4v) is 3.81. The summed E-state index contributed by atoms with van der Waals surface area (Å²) in [5.41, 5.74) is 2.34. The number of nitrogens with zero attached hydrogens (tertiary/aromatic N) is 2. The van der Waals surface area contributed by atoms with E-state index < -0.39 is 0 Å². The van der Waals surface area contributed by atoms with Crippen molar-refractivity contribution in [3.8, 4) is 11.5 Å². The predicted octanol–water partition coefficient (Wildman–Crippen LogP) is 4.03. The quantitative estimate of drug-likeness (QED) is 0.310. The summed E-state index contributed by atoms with van der Waals surface area (Å²) in [5.74, 6) is 2.20. The van der Waals surface area contributed by atoms with Crippen LogP contribution in [0.5, 0.6) is 11.5 Å². The third kappa shape index (κ3) is 6.15. The number of benzene rings is 2. The highest BCUT2D eigenvalue weighted by molar-refractivity contribution is 14.0. The second-order valence-electron chi connectivity index (χ2n) is 6.64. The average molecular weight is 575 g/mol. The second-order valence-corrected chi connectivity index (χ2v) is 7.49. The summed E-state index contributed by atoms with van der Waals surface area (Å²) in [5, 5.41) is 6.92. The van der Waals surface area contributed by atoms with Crippen LogP contribution in [-0.2, 0) is 6.54 Å². The number of ether oxygens (including phenoxy) is 2. The number of hydrogen-bond acceptors (Lipinski definition) is 4. The van der Waals surface area contributed by atoms with E-state index in [1.165, 1.54) is 5.69 Å². The summed E-state index contributed by atoms with van der Waals surface area (Å²) in [7, 11) is 5.07. The molecule has 6 nitrogen and oxygen atoms in total. The zero-order valence-corrected chi connectivity index (χ0v) is 20.9. The summed E-state index contributed by atoms with van der Waals surface area (Å²) in [6.07, 6.45) is 1.08. The van der Waals surface area contributed by atoms with Crippen LogP contribution < -0.4 is 25.0 Å². The van der Waals surface area contributed by atoms with Gasteiger partial charge in [0.2, 0.25) is 0 Å². The predicted molar refractivity (Wildman–Crippen MR) is 133 cm³/mol. The maximum Gasteiger partial charge on any atom is 0.191 e. The SMILES string of the molecule is CN=C(NCc1cc(OC)c(OC)cc1Br)NC1CCN(c2ccccc2)C1.I. The molecule has 2 aromatic rings. The topological polar surface area (TPSA) is 58.1 Å². The number of methoxy groups -OCH3 is 2. The first kappa shape index (κ1) is 23.6. The van der Waals surface area contributed by atoms with E-state index in [4.69, 9.17) is 9.47 Å². The van der Waals surface area contributed by atoms with E-state index in [9.17, 15) is 0 Å². The first-order chi connectivity index (χ1) is 13.6. The lowest BCUT2D eigenvalue weighted by Gasteiger charge is -2.20. The molecule has 2 N–H and O–H groups in total. The second kappa shape index (κ2) is 11.5. The van der Waals surface area contributed by atoms with Crippen LogP contribution in [0.1, 0.15) is 12.0 Å². The van der Waals surface area contributed by atoms with Gasteiger partial charge in [0.05, 0.1) is 14.2 Å². The Hall–Kier alpha value is -1.68. The molecule has 0 saturated carbocycles. The van der Waals surface area contributed by atoms with Crippen LogP contribution in [0, 0.1) is 0 Å². The Bertz CT molecular complexity index is 820. The molecule has 1 aliphatic rings. The van der Waals surface area contributed by atoms with Crippen LogP contribution in [0.2, 0.25) is 0 Å². The van der Waals surface area contributed by atoms with Gasteiger partial charge in [-0.3, -0.25) is 4.99 Å². The summed E-state index contributed by atoms with van der Waals surface area (Å²) in [6.45, 7) is 2.63. The van der Waals surface area contributed by atoms with Crippen molar-refractivity contribution in [2.45, 2.75) is 19.0 Å². The molecule has 1 fully saturated rings. The standard InChI is InChI=1S/C21H27BrN4O2.HI/c1-23-21(24-13-15-11-19(27-2)20(28-3)12-18(15)22)25-16-9-10-26(14-16)17-7-5-4-6-8-17;/h4-8,11-12,16H,9-10,13-14H2,1-3H3,(H2,23,24,25);1H. The molecule has 0 bridgehead atoms. The van der Waals surface area contributed by atoms with Gasteiger partial charge in [0.15, 0.2) is 17.5 Å². The summed E-state index contributed by atoms with van der Waals surface area (Å²) < 4.78 is 11.7. The summed E-state index contributed by atoms with van der Waals surface area (Å²) >= 11 is 3.60. The molecule has 1 atom stereocenters. The van der Waals surface area contributed by atoms with E-state index in [-0.39, 0.29) is 24.0 Å². The molecule has 8 heteroatoms. The molecule has 158 valence electrons. The van der Waals surface area contributed by atoms with E-state index in [1.54, 1.807) is 21.3 Å². The Kier molecular flexibility index (Phi) is 9.35. The van der Waals surface area contributed by atoms with Crippen LogP contribution in [0.4, 0.5) is 5.69 Å². The van der Waals surface area contributed by atoms with Crippen molar-refractivity contribution in [1.82, 2.24) is 10.6 Å². The number of rotatable bonds is 6. The van der Waals surface area contributed by atoms with Crippen molar-refractivity contribution in [2.75, 3.05) is 39.3 Å². The number of aliphatic imine (C=N–C) groups is 1. The maximum absolute atomic E-state index is 5.40. The molecule has 0 radical (unpaired) electrons.